The van der Waals surface area contributed by atoms with E-state index in [2.05, 4.69) is 10.6 Å². The van der Waals surface area contributed by atoms with E-state index in [1.807, 2.05) is 19.9 Å². The number of carbonyl (C=O) groups excluding carboxylic acids is 2. The highest BCUT2D eigenvalue weighted by Gasteiger charge is 2.22. The molecule has 0 aliphatic heterocycles. The molecule has 7 nitrogen and oxygen atoms in total. The van der Waals surface area contributed by atoms with Crippen molar-refractivity contribution in [1.29, 1.82) is 0 Å². The molecule has 1 aromatic rings. The summed E-state index contributed by atoms with van der Waals surface area (Å²) in [6.45, 7) is 4.04. The summed E-state index contributed by atoms with van der Waals surface area (Å²) in [6, 6.07) is 5.16. The van der Waals surface area contributed by atoms with Crippen LogP contribution in [0.25, 0.3) is 0 Å². The van der Waals surface area contributed by atoms with Gasteiger partial charge in [-0.15, -0.1) is 0 Å². The Morgan fingerprint density at radius 2 is 1.95 bits per heavy atom. The summed E-state index contributed by atoms with van der Waals surface area (Å²) >= 11 is 0. The fraction of sp³-hybridized carbons (Fsp3) is 0.357. The Bertz CT molecular complexity index is 543. The number of hydrogen-bond acceptors (Lipinski definition) is 3. The molecule has 0 fully saturated rings. The zero-order valence-electron chi connectivity index (χ0n) is 11.9. The number of nitrogens with one attached hydrogen (secondary N) is 2. The van der Waals surface area contributed by atoms with Gasteiger partial charge >= 0.3 is 12.0 Å². The van der Waals surface area contributed by atoms with Crippen molar-refractivity contribution in [2.75, 3.05) is 5.32 Å². The number of urea groups is 1. The number of nitrogens with two attached hydrogens (primary N) is 1. The summed E-state index contributed by atoms with van der Waals surface area (Å²) in [5, 5.41) is 13.6. The molecule has 1 atom stereocenters. The smallest absolute Gasteiger partial charge is 0.326 e. The first-order chi connectivity index (χ1) is 9.79. The normalized spacial score (nSPS) is 11.8. The van der Waals surface area contributed by atoms with Gasteiger partial charge in [0, 0.05) is 5.69 Å². The summed E-state index contributed by atoms with van der Waals surface area (Å²) in [5.41, 5.74) is 6.52. The molecule has 0 saturated heterocycles. The van der Waals surface area contributed by atoms with Gasteiger partial charge in [-0.05, 0) is 23.6 Å². The van der Waals surface area contributed by atoms with Crippen molar-refractivity contribution in [1.82, 2.24) is 5.32 Å². The van der Waals surface area contributed by atoms with Crippen LogP contribution in [-0.4, -0.2) is 29.1 Å². The summed E-state index contributed by atoms with van der Waals surface area (Å²) in [7, 11) is 0. The van der Waals surface area contributed by atoms with Crippen molar-refractivity contribution in [3.8, 4) is 0 Å². The lowest BCUT2D eigenvalue weighted by Gasteiger charge is -2.14. The quantitative estimate of drug-likeness (QED) is 0.630. The van der Waals surface area contributed by atoms with Crippen molar-refractivity contribution in [3.63, 3.8) is 0 Å². The Labute approximate surface area is 122 Å². The van der Waals surface area contributed by atoms with Crippen LogP contribution in [0.15, 0.2) is 24.3 Å². The predicted octanol–water partition coefficient (Wildman–Crippen LogP) is 1.26. The maximum atomic E-state index is 11.8. The molecule has 0 heterocycles. The molecule has 0 aliphatic rings. The zero-order chi connectivity index (χ0) is 16.0. The molecule has 0 aromatic heterocycles. The number of primary amides is 1. The third kappa shape index (κ3) is 5.52. The highest BCUT2D eigenvalue weighted by atomic mass is 16.4. The molecule has 0 spiro atoms. The molecule has 0 radical (unpaired) electrons. The molecular formula is C14H19N3O4. The third-order valence-corrected chi connectivity index (χ3v) is 2.82. The van der Waals surface area contributed by atoms with Crippen molar-refractivity contribution in [3.05, 3.63) is 29.8 Å². The summed E-state index contributed by atoms with van der Waals surface area (Å²) < 4.78 is 0. The van der Waals surface area contributed by atoms with E-state index in [1.165, 1.54) is 0 Å². The van der Waals surface area contributed by atoms with Gasteiger partial charge in [0.1, 0.15) is 6.04 Å². The minimum absolute atomic E-state index is 0.302. The maximum Gasteiger partial charge on any atom is 0.326 e. The largest absolute Gasteiger partial charge is 0.480 e. The van der Waals surface area contributed by atoms with E-state index in [9.17, 15) is 14.4 Å². The Kier molecular flexibility index (Phi) is 5.71. The topological polar surface area (TPSA) is 122 Å². The second kappa shape index (κ2) is 7.28. The van der Waals surface area contributed by atoms with Crippen molar-refractivity contribution in [2.45, 2.75) is 32.2 Å². The molecule has 3 amide bonds. The minimum atomic E-state index is -1.35. The van der Waals surface area contributed by atoms with Gasteiger partial charge in [-0.3, -0.25) is 4.79 Å². The van der Waals surface area contributed by atoms with Gasteiger partial charge in [0.25, 0.3) is 0 Å². The molecule has 0 aliphatic carbocycles. The zero-order valence-corrected chi connectivity index (χ0v) is 11.9. The molecular weight excluding hydrogens is 274 g/mol. The first-order valence-electron chi connectivity index (χ1n) is 6.48. The van der Waals surface area contributed by atoms with Crippen molar-refractivity contribution >= 4 is 23.6 Å². The molecule has 0 unspecified atom stereocenters. The number of carboxylic acids is 1. The van der Waals surface area contributed by atoms with E-state index in [0.717, 1.165) is 5.56 Å². The third-order valence-electron chi connectivity index (χ3n) is 2.82. The molecule has 7 heteroatoms. The summed E-state index contributed by atoms with van der Waals surface area (Å²) in [5.74, 6) is -1.82. The van der Waals surface area contributed by atoms with Crippen LogP contribution in [0.3, 0.4) is 0 Å². The van der Waals surface area contributed by atoms with Gasteiger partial charge in [0.2, 0.25) is 5.91 Å². The first-order valence-corrected chi connectivity index (χ1v) is 6.48. The summed E-state index contributed by atoms with van der Waals surface area (Å²) in [4.78, 5) is 33.4. The monoisotopic (exact) mass is 293 g/mol. The Morgan fingerprint density at radius 1 is 1.29 bits per heavy atom. The van der Waals surface area contributed by atoms with Gasteiger partial charge in [0.05, 0.1) is 6.42 Å². The van der Waals surface area contributed by atoms with Gasteiger partial charge in [-0.25, -0.2) is 9.59 Å². The van der Waals surface area contributed by atoms with Crippen LogP contribution in [0.5, 0.6) is 0 Å². The van der Waals surface area contributed by atoms with Gasteiger partial charge in [-0.1, -0.05) is 26.0 Å². The highest BCUT2D eigenvalue weighted by molar-refractivity contribution is 5.93. The highest BCUT2D eigenvalue weighted by Crippen LogP contribution is 2.18. The number of anilines is 1. The molecule has 0 bridgehead atoms. The van der Waals surface area contributed by atoms with Gasteiger partial charge < -0.3 is 21.5 Å². The van der Waals surface area contributed by atoms with E-state index in [-0.39, 0.29) is 0 Å². The maximum absolute atomic E-state index is 11.8. The van der Waals surface area contributed by atoms with Gasteiger partial charge in [0.15, 0.2) is 0 Å². The number of aliphatic carboxylic acids is 1. The lowest BCUT2D eigenvalue weighted by Crippen LogP contribution is -2.45. The van der Waals surface area contributed by atoms with E-state index in [1.54, 1.807) is 18.2 Å². The van der Waals surface area contributed by atoms with E-state index in [0.29, 0.717) is 11.6 Å². The standard InChI is InChI=1S/C14H19N3O4/c1-8(2)9-4-3-5-10(6-9)16-14(21)17-11(13(19)20)7-12(15)18/h3-6,8,11H,7H2,1-2H3,(H2,15,18)(H,19,20)(H2,16,17,21)/t11-/m1/s1. The molecule has 5 N–H and O–H groups in total. The molecule has 1 aromatic carbocycles. The second-order valence-electron chi connectivity index (χ2n) is 4.94. The van der Waals surface area contributed by atoms with Crippen LogP contribution in [0.4, 0.5) is 10.5 Å². The van der Waals surface area contributed by atoms with Gasteiger partial charge in [-0.2, -0.15) is 0 Å². The fourth-order valence-electron chi connectivity index (χ4n) is 1.70. The van der Waals surface area contributed by atoms with Crippen molar-refractivity contribution in [2.24, 2.45) is 5.73 Å². The molecule has 21 heavy (non-hydrogen) atoms. The van der Waals surface area contributed by atoms with E-state index < -0.39 is 30.4 Å². The first kappa shape index (κ1) is 16.5. The second-order valence-corrected chi connectivity index (χ2v) is 4.94. The Hall–Kier alpha value is -2.57. The number of carbonyl (C=O) groups is 3. The number of hydrogen-bond donors (Lipinski definition) is 4. The Balaban J connectivity index is 2.69. The van der Waals surface area contributed by atoms with Crippen LogP contribution >= 0.6 is 0 Å². The van der Waals surface area contributed by atoms with E-state index in [4.69, 9.17) is 10.8 Å². The Morgan fingerprint density at radius 3 is 2.48 bits per heavy atom. The average Bonchev–Trinajstić information content (AvgIpc) is 2.37. The number of amides is 3. The van der Waals surface area contributed by atoms with Crippen molar-refractivity contribution < 1.29 is 19.5 Å². The van der Waals surface area contributed by atoms with Crippen LogP contribution in [0, 0.1) is 0 Å². The van der Waals surface area contributed by atoms with Crippen LogP contribution in [-0.2, 0) is 9.59 Å². The molecule has 114 valence electrons. The van der Waals surface area contributed by atoms with Crippen LogP contribution in [0.2, 0.25) is 0 Å². The SMILES string of the molecule is CC(C)c1cccc(NC(=O)N[C@H](CC(N)=O)C(=O)O)c1. The summed E-state index contributed by atoms with van der Waals surface area (Å²) in [6.07, 6.45) is -0.464. The fourth-order valence-corrected chi connectivity index (χ4v) is 1.70. The number of rotatable bonds is 6. The minimum Gasteiger partial charge on any atom is -0.480 e. The molecule has 1 rings (SSSR count). The average molecular weight is 293 g/mol. The molecule has 0 saturated carbocycles. The lowest BCUT2D eigenvalue weighted by atomic mass is 10.0. The number of carboxylic acid groups (broad SMARTS) is 1. The van der Waals surface area contributed by atoms with Crippen LogP contribution < -0.4 is 16.4 Å². The van der Waals surface area contributed by atoms with Crippen LogP contribution in [0.1, 0.15) is 31.7 Å². The lowest BCUT2D eigenvalue weighted by molar-refractivity contribution is -0.140. The predicted molar refractivity (Wildman–Crippen MR) is 77.9 cm³/mol. The number of benzene rings is 1. The van der Waals surface area contributed by atoms with E-state index >= 15 is 0 Å².